The highest BCUT2D eigenvalue weighted by Gasteiger charge is 2.36. The molecule has 0 unspecified atom stereocenters. The van der Waals surface area contributed by atoms with Crippen LogP contribution in [0.5, 0.6) is 0 Å². The molecule has 0 saturated carbocycles. The quantitative estimate of drug-likeness (QED) is 0.390. The van der Waals surface area contributed by atoms with Gasteiger partial charge in [-0.1, -0.05) is 29.8 Å². The molecule has 1 aromatic heterocycles. The Morgan fingerprint density at radius 1 is 1.11 bits per heavy atom. The van der Waals surface area contributed by atoms with Gasteiger partial charge in [-0.05, 0) is 66.1 Å². The van der Waals surface area contributed by atoms with Gasteiger partial charge in [0, 0.05) is 26.3 Å². The number of hydrogen-bond donors (Lipinski definition) is 1. The van der Waals surface area contributed by atoms with E-state index in [-0.39, 0.29) is 10.7 Å². The number of hydrogen-bond acceptors (Lipinski definition) is 2. The topological polar surface area (TPSA) is 29.9 Å². The van der Waals surface area contributed by atoms with Crippen LogP contribution in [0.15, 0.2) is 42.5 Å². The van der Waals surface area contributed by atoms with Crippen molar-refractivity contribution in [3.05, 3.63) is 62.2 Å². The molecule has 8 heteroatoms. The number of nitrogens with one attached hydrogen (secondary N) is 1. The first-order chi connectivity index (χ1) is 13.4. The van der Waals surface area contributed by atoms with Crippen LogP contribution < -0.4 is 5.32 Å². The molecule has 0 aliphatic carbocycles. The number of alkyl halides is 3. The molecule has 0 bridgehead atoms. The van der Waals surface area contributed by atoms with Crippen molar-refractivity contribution >= 4 is 40.0 Å². The van der Waals surface area contributed by atoms with Gasteiger partial charge in [0.05, 0.1) is 16.9 Å². The van der Waals surface area contributed by atoms with Crippen LogP contribution in [0, 0.1) is 3.57 Å². The summed E-state index contributed by atoms with van der Waals surface area (Å²) in [4.78, 5) is 0. The van der Waals surface area contributed by atoms with Gasteiger partial charge in [0.1, 0.15) is 5.82 Å². The molecular weight excluding hydrogens is 502 g/mol. The second kappa shape index (κ2) is 7.59. The summed E-state index contributed by atoms with van der Waals surface area (Å²) >= 11 is 8.08. The average molecular weight is 518 g/mol. The zero-order valence-corrected chi connectivity index (χ0v) is 17.6. The molecule has 28 heavy (non-hydrogen) atoms. The number of fused-ring (bicyclic) bond motifs is 1. The lowest BCUT2D eigenvalue weighted by Crippen LogP contribution is -2.14. The summed E-state index contributed by atoms with van der Waals surface area (Å²) in [5.74, 6) is 0.625. The Hall–Kier alpha value is -1.74. The van der Waals surface area contributed by atoms with Crippen molar-refractivity contribution in [3.63, 3.8) is 0 Å². The highest BCUT2D eigenvalue weighted by molar-refractivity contribution is 14.1. The maximum atomic E-state index is 13.7. The van der Waals surface area contributed by atoms with Crippen LogP contribution >= 0.6 is 34.2 Å². The van der Waals surface area contributed by atoms with Gasteiger partial charge < -0.3 is 5.32 Å². The fraction of sp³-hybridized carbons (Fsp3) is 0.250. The van der Waals surface area contributed by atoms with E-state index in [0.29, 0.717) is 12.4 Å². The van der Waals surface area contributed by atoms with E-state index in [4.69, 9.17) is 11.6 Å². The molecule has 3 aromatic rings. The highest BCUT2D eigenvalue weighted by Crippen LogP contribution is 2.40. The van der Waals surface area contributed by atoms with E-state index < -0.39 is 11.7 Å². The Bertz CT molecular complexity index is 1030. The van der Waals surface area contributed by atoms with E-state index >= 15 is 0 Å². The Morgan fingerprint density at radius 2 is 1.89 bits per heavy atom. The van der Waals surface area contributed by atoms with E-state index in [1.54, 1.807) is 0 Å². The van der Waals surface area contributed by atoms with Crippen molar-refractivity contribution in [2.24, 2.45) is 0 Å². The van der Waals surface area contributed by atoms with Gasteiger partial charge in [-0.3, -0.25) is 0 Å². The maximum Gasteiger partial charge on any atom is 0.418 e. The predicted molar refractivity (Wildman–Crippen MR) is 113 cm³/mol. The van der Waals surface area contributed by atoms with Crippen molar-refractivity contribution in [2.75, 3.05) is 11.9 Å². The largest absolute Gasteiger partial charge is 0.418 e. The molecule has 0 spiro atoms. The minimum atomic E-state index is -4.54. The van der Waals surface area contributed by atoms with Gasteiger partial charge in [0.25, 0.3) is 0 Å². The van der Waals surface area contributed by atoms with Crippen LogP contribution in [0.25, 0.3) is 16.9 Å². The van der Waals surface area contributed by atoms with Crippen molar-refractivity contribution in [2.45, 2.75) is 25.4 Å². The lowest BCUT2D eigenvalue weighted by atomic mass is 10.0. The molecule has 1 N–H and O–H groups in total. The SMILES string of the molecule is FC(F)(F)c1cc(Cl)ccc1-n1nc(-c2ccccc2I)c2c1NCCCC2. The fourth-order valence-corrected chi connectivity index (χ4v) is 4.28. The van der Waals surface area contributed by atoms with Gasteiger partial charge in [0.15, 0.2) is 0 Å². The Labute approximate surface area is 179 Å². The second-order valence-electron chi connectivity index (χ2n) is 6.61. The van der Waals surface area contributed by atoms with E-state index in [0.717, 1.165) is 45.7 Å². The summed E-state index contributed by atoms with van der Waals surface area (Å²) in [6, 6.07) is 11.6. The summed E-state index contributed by atoms with van der Waals surface area (Å²) in [7, 11) is 0. The molecule has 1 aliphatic rings. The smallest absolute Gasteiger partial charge is 0.370 e. The zero-order valence-electron chi connectivity index (χ0n) is 14.7. The van der Waals surface area contributed by atoms with E-state index in [1.165, 1.54) is 16.8 Å². The normalized spacial score (nSPS) is 14.3. The number of anilines is 1. The molecule has 0 amide bonds. The van der Waals surface area contributed by atoms with Gasteiger partial charge in [-0.15, -0.1) is 0 Å². The Kier molecular flexibility index (Phi) is 5.30. The van der Waals surface area contributed by atoms with Crippen LogP contribution in [-0.2, 0) is 12.6 Å². The van der Waals surface area contributed by atoms with E-state index in [2.05, 4.69) is 33.0 Å². The summed E-state index contributed by atoms with van der Waals surface area (Å²) in [5.41, 5.74) is 1.76. The van der Waals surface area contributed by atoms with Gasteiger partial charge in [-0.2, -0.15) is 18.3 Å². The van der Waals surface area contributed by atoms with Crippen LogP contribution in [-0.4, -0.2) is 16.3 Å². The molecule has 0 atom stereocenters. The first-order valence-corrected chi connectivity index (χ1v) is 10.3. The van der Waals surface area contributed by atoms with Crippen LogP contribution in [0.3, 0.4) is 0 Å². The van der Waals surface area contributed by atoms with Gasteiger partial charge in [0.2, 0.25) is 0 Å². The van der Waals surface area contributed by atoms with Gasteiger partial charge >= 0.3 is 6.18 Å². The Morgan fingerprint density at radius 3 is 2.64 bits per heavy atom. The highest BCUT2D eigenvalue weighted by atomic mass is 127. The van der Waals surface area contributed by atoms with Gasteiger partial charge in [-0.25, -0.2) is 4.68 Å². The molecule has 2 aromatic carbocycles. The molecule has 3 nitrogen and oxygen atoms in total. The number of nitrogens with zero attached hydrogens (tertiary/aromatic N) is 2. The van der Waals surface area contributed by atoms with Crippen molar-refractivity contribution < 1.29 is 13.2 Å². The fourth-order valence-electron chi connectivity index (χ4n) is 3.47. The first-order valence-electron chi connectivity index (χ1n) is 8.84. The number of rotatable bonds is 2. The van der Waals surface area contributed by atoms with Crippen LogP contribution in [0.4, 0.5) is 19.0 Å². The van der Waals surface area contributed by atoms with E-state index in [9.17, 15) is 13.2 Å². The zero-order chi connectivity index (χ0) is 19.9. The molecule has 4 rings (SSSR count). The average Bonchev–Trinajstić information content (AvgIpc) is 2.83. The third kappa shape index (κ3) is 3.61. The summed E-state index contributed by atoms with van der Waals surface area (Å²) in [5, 5.41) is 7.98. The molecule has 1 aliphatic heterocycles. The molecule has 0 radical (unpaired) electrons. The van der Waals surface area contributed by atoms with E-state index in [1.807, 2.05) is 24.3 Å². The van der Waals surface area contributed by atoms with Crippen LogP contribution in [0.1, 0.15) is 24.0 Å². The summed E-state index contributed by atoms with van der Waals surface area (Å²) < 4.78 is 43.5. The van der Waals surface area contributed by atoms with Crippen molar-refractivity contribution in [1.82, 2.24) is 9.78 Å². The number of benzene rings is 2. The lowest BCUT2D eigenvalue weighted by Gasteiger charge is -2.16. The lowest BCUT2D eigenvalue weighted by molar-refractivity contribution is -0.137. The maximum absolute atomic E-state index is 13.7. The first kappa shape index (κ1) is 19.6. The molecule has 0 saturated heterocycles. The molecule has 2 heterocycles. The summed E-state index contributed by atoms with van der Waals surface area (Å²) in [6.45, 7) is 0.693. The number of aromatic nitrogens is 2. The second-order valence-corrected chi connectivity index (χ2v) is 8.21. The monoisotopic (exact) mass is 517 g/mol. The predicted octanol–water partition coefficient (Wildman–Crippen LogP) is 6.56. The molecule has 0 fully saturated rings. The van der Waals surface area contributed by atoms with Crippen LogP contribution in [0.2, 0.25) is 5.02 Å². The molecule has 146 valence electrons. The minimum Gasteiger partial charge on any atom is -0.370 e. The Balaban J connectivity index is 1.99. The summed E-state index contributed by atoms with van der Waals surface area (Å²) in [6.07, 6.45) is -1.87. The van der Waals surface area contributed by atoms with Crippen molar-refractivity contribution in [1.29, 1.82) is 0 Å². The minimum absolute atomic E-state index is 0.0280. The number of halogens is 5. The third-order valence-electron chi connectivity index (χ3n) is 4.75. The van der Waals surface area contributed by atoms with Crippen molar-refractivity contribution in [3.8, 4) is 16.9 Å². The third-order valence-corrected chi connectivity index (χ3v) is 5.93. The standard InChI is InChI=1S/C20H16ClF3IN3/c21-12-8-9-17(15(11-12)20(22,23)24)28-19-14(6-3-4-10-26-19)18(27-28)13-5-1-2-7-16(13)25/h1-2,5,7-9,11,26H,3-4,6,10H2. The molecular formula is C20H16ClF3IN3.